The van der Waals surface area contributed by atoms with Gasteiger partial charge >= 0.3 is 11.9 Å². The number of hydrogen-bond donors (Lipinski definition) is 21. The van der Waals surface area contributed by atoms with E-state index in [4.69, 9.17) is 28.7 Å². The van der Waals surface area contributed by atoms with Crippen LogP contribution in [0.15, 0.2) is 0 Å². The first-order chi connectivity index (χ1) is 35.2. The number of rotatable bonds is 39. The summed E-state index contributed by atoms with van der Waals surface area (Å²) < 4.78 is 0. The van der Waals surface area contributed by atoms with Crippen LogP contribution in [0.25, 0.3) is 0 Å². The second-order valence-corrected chi connectivity index (χ2v) is 18.2. The number of primary amides is 2. The molecule has 0 aliphatic heterocycles. The number of thiol groups is 4. The Kier molecular flexibility index (Phi) is 34.4. The third kappa shape index (κ3) is 27.1. The van der Waals surface area contributed by atoms with Gasteiger partial charge in [-0.25, -0.2) is 4.79 Å². The van der Waals surface area contributed by atoms with Crippen molar-refractivity contribution in [1.82, 2.24) is 47.9 Å². The number of carbonyl (C=O) groups is 13. The Morgan fingerprint density at radius 1 is 0.427 bits per heavy atom. The molecule has 0 aromatic carbocycles. The maximum atomic E-state index is 13.9. The molecule has 0 aliphatic rings. The normalized spacial score (nSPS) is 15.4. The molecule has 0 rings (SSSR count). The third-order valence-electron chi connectivity index (χ3n) is 10.5. The first-order valence-electron chi connectivity index (χ1n) is 23.2. The number of aliphatic carboxylic acids is 2. The standard InChI is InChI=1S/C41H72N14O16S4/c1-18(56)31(41(70)71)55-35(64)22(8-9-30(59)60)49-34(63)20(6-2-4-10-42)47-33(62)21(7-3-5-11-43)48-37(66)24(14-72)52-39(68)26(16-74)54-40(69)27(17-75)53-38(67)25(15-73)51-36(65)23(13-29(46)58)50-32(61)19(44)12-28(45)57/h18-27,31,56,72-75H,2-17,42-44H2,1H3,(H2,45,57)(H2,46,58)(H,47,62)(H,48,66)(H,49,63)(H,50,61)(H,51,65)(H,52,68)(H,53,67)(H,54,69)(H,55,64)(H,59,60)(H,70,71)/t18-,19+,20+,21+,22+,23+,24+,25+,26+,27+,31+/m1/s1. The summed E-state index contributed by atoms with van der Waals surface area (Å²) in [5.41, 5.74) is 27.2. The van der Waals surface area contributed by atoms with Crippen molar-refractivity contribution in [3.63, 3.8) is 0 Å². The number of hydrogen-bond acceptors (Lipinski definition) is 21. The second kappa shape index (κ2) is 37.2. The number of amides is 11. The Morgan fingerprint density at radius 2 is 0.720 bits per heavy atom. The molecule has 0 aromatic heterocycles. The van der Waals surface area contributed by atoms with Crippen molar-refractivity contribution in [3.8, 4) is 0 Å². The molecule has 11 amide bonds. The van der Waals surface area contributed by atoms with Crippen LogP contribution in [0.3, 0.4) is 0 Å². The van der Waals surface area contributed by atoms with Crippen LogP contribution in [-0.2, 0) is 62.3 Å². The van der Waals surface area contributed by atoms with E-state index in [1.165, 1.54) is 0 Å². The van der Waals surface area contributed by atoms with Crippen LogP contribution < -0.4 is 76.5 Å². The van der Waals surface area contributed by atoms with Crippen LogP contribution in [0.5, 0.6) is 0 Å². The zero-order chi connectivity index (χ0) is 57.5. The molecule has 0 radical (unpaired) electrons. The molecule has 426 valence electrons. The van der Waals surface area contributed by atoms with E-state index < -0.39 is 175 Å². The van der Waals surface area contributed by atoms with Crippen LogP contribution in [0.2, 0.25) is 0 Å². The molecule has 0 heterocycles. The van der Waals surface area contributed by atoms with Gasteiger partial charge in [0.1, 0.15) is 48.3 Å². The molecule has 0 bridgehead atoms. The van der Waals surface area contributed by atoms with Crippen LogP contribution in [0.1, 0.15) is 71.1 Å². The van der Waals surface area contributed by atoms with Crippen molar-refractivity contribution in [2.45, 2.75) is 138 Å². The predicted octanol–water partition coefficient (Wildman–Crippen LogP) is -8.26. The molecule has 0 saturated carbocycles. The summed E-state index contributed by atoms with van der Waals surface area (Å²) in [6, 6.07) is -15.5. The number of aliphatic hydroxyl groups is 1. The van der Waals surface area contributed by atoms with E-state index in [0.717, 1.165) is 6.92 Å². The minimum Gasteiger partial charge on any atom is -0.481 e. The van der Waals surface area contributed by atoms with E-state index >= 15 is 0 Å². The number of aliphatic hydroxyl groups excluding tert-OH is 1. The lowest BCUT2D eigenvalue weighted by molar-refractivity contribution is -0.145. The second-order valence-electron chi connectivity index (χ2n) is 16.7. The molecule has 0 unspecified atom stereocenters. The van der Waals surface area contributed by atoms with Gasteiger partial charge in [0.15, 0.2) is 6.04 Å². The van der Waals surface area contributed by atoms with Crippen molar-refractivity contribution in [3.05, 3.63) is 0 Å². The maximum Gasteiger partial charge on any atom is 0.328 e. The van der Waals surface area contributed by atoms with Gasteiger partial charge in [-0.05, 0) is 65.0 Å². The van der Waals surface area contributed by atoms with E-state index in [9.17, 15) is 77.6 Å². The van der Waals surface area contributed by atoms with Gasteiger partial charge in [-0.3, -0.25) is 57.5 Å². The Balaban J connectivity index is 6.26. The summed E-state index contributed by atoms with van der Waals surface area (Å²) in [5.74, 6) is -15.6. The molecular weight excluding hydrogens is 1070 g/mol. The SMILES string of the molecule is C[C@@H](O)[C@H](NC(=O)[C@H](CCC(=O)O)NC(=O)[C@H](CCCCN)NC(=O)[C@H](CCCCN)NC(=O)[C@H](CS)NC(=O)[C@H](CS)NC(=O)[C@H](CS)NC(=O)[C@H](CS)NC(=O)[C@H](CC(N)=O)NC(=O)[C@@H](N)CC(N)=O)C(=O)O. The van der Waals surface area contributed by atoms with Crippen LogP contribution >= 0.6 is 50.5 Å². The van der Waals surface area contributed by atoms with Gasteiger partial charge in [-0.2, -0.15) is 50.5 Å². The first-order valence-corrected chi connectivity index (χ1v) is 25.8. The Morgan fingerprint density at radius 3 is 1.01 bits per heavy atom. The molecule has 0 aliphatic carbocycles. The van der Waals surface area contributed by atoms with E-state index in [1.54, 1.807) is 0 Å². The minimum absolute atomic E-state index is 0.0553. The van der Waals surface area contributed by atoms with Gasteiger partial charge in [0.2, 0.25) is 65.0 Å². The summed E-state index contributed by atoms with van der Waals surface area (Å²) >= 11 is 16.5. The number of unbranched alkanes of at least 4 members (excludes halogenated alkanes) is 2. The summed E-state index contributed by atoms with van der Waals surface area (Å²) in [7, 11) is 0. The Labute approximate surface area is 453 Å². The maximum absolute atomic E-state index is 13.9. The largest absolute Gasteiger partial charge is 0.481 e. The molecule has 75 heavy (non-hydrogen) atoms. The van der Waals surface area contributed by atoms with E-state index in [0.29, 0.717) is 12.8 Å². The Hall–Kier alpha value is -5.65. The fourth-order valence-electron chi connectivity index (χ4n) is 6.38. The van der Waals surface area contributed by atoms with Gasteiger partial charge < -0.3 is 91.8 Å². The smallest absolute Gasteiger partial charge is 0.328 e. The first kappa shape index (κ1) is 69.3. The number of nitrogens with one attached hydrogen (secondary N) is 9. The highest BCUT2D eigenvalue weighted by Gasteiger charge is 2.36. The lowest BCUT2D eigenvalue weighted by atomic mass is 10.0. The number of nitrogens with two attached hydrogens (primary N) is 5. The highest BCUT2D eigenvalue weighted by atomic mass is 32.1. The number of carboxylic acids is 2. The number of carboxylic acid groups (broad SMARTS) is 2. The lowest BCUT2D eigenvalue weighted by Gasteiger charge is -2.27. The van der Waals surface area contributed by atoms with Crippen molar-refractivity contribution in [2.75, 3.05) is 36.1 Å². The average molecular weight is 1150 g/mol. The van der Waals surface area contributed by atoms with Gasteiger partial charge in [0, 0.05) is 29.4 Å². The molecule has 0 spiro atoms. The monoisotopic (exact) mass is 1140 g/mol. The van der Waals surface area contributed by atoms with E-state index in [2.05, 4.69) is 98.4 Å². The third-order valence-corrected chi connectivity index (χ3v) is 12.0. The molecule has 22 N–H and O–H groups in total. The molecule has 30 nitrogen and oxygen atoms in total. The fraction of sp³-hybridized carbons (Fsp3) is 0.683. The Bertz CT molecular complexity index is 2000. The van der Waals surface area contributed by atoms with Gasteiger partial charge in [0.05, 0.1) is 25.0 Å². The topological polar surface area (TPSA) is 521 Å². The fourth-order valence-corrected chi connectivity index (χ4v) is 7.41. The molecule has 0 fully saturated rings. The van der Waals surface area contributed by atoms with E-state index in [-0.39, 0.29) is 56.0 Å². The van der Waals surface area contributed by atoms with Crippen molar-refractivity contribution in [1.29, 1.82) is 0 Å². The predicted molar refractivity (Wildman–Crippen MR) is 280 cm³/mol. The van der Waals surface area contributed by atoms with Crippen LogP contribution in [0, 0.1) is 0 Å². The van der Waals surface area contributed by atoms with Gasteiger partial charge in [0.25, 0.3) is 0 Å². The molecule has 0 aromatic rings. The van der Waals surface area contributed by atoms with Crippen molar-refractivity contribution in [2.24, 2.45) is 28.7 Å². The highest BCUT2D eigenvalue weighted by molar-refractivity contribution is 7.80. The van der Waals surface area contributed by atoms with Crippen LogP contribution in [-0.4, -0.2) is 195 Å². The molecule has 34 heteroatoms. The van der Waals surface area contributed by atoms with Gasteiger partial charge in [-0.1, -0.05) is 0 Å². The quantitative estimate of drug-likeness (QED) is 0.0201. The minimum atomic E-state index is -1.83. The zero-order valence-electron chi connectivity index (χ0n) is 41.0. The molecular formula is C41H72N14O16S4. The summed E-state index contributed by atoms with van der Waals surface area (Å²) in [5, 5.41) is 49.5. The van der Waals surface area contributed by atoms with Gasteiger partial charge in [-0.15, -0.1) is 0 Å². The van der Waals surface area contributed by atoms with E-state index in [1.807, 2.05) is 0 Å². The average Bonchev–Trinajstić information content (AvgIpc) is 3.33. The van der Waals surface area contributed by atoms with Crippen LogP contribution in [0.4, 0.5) is 0 Å². The van der Waals surface area contributed by atoms with Crippen molar-refractivity contribution < 1.29 is 77.6 Å². The number of carbonyl (C=O) groups excluding carboxylic acids is 11. The zero-order valence-corrected chi connectivity index (χ0v) is 44.6. The lowest BCUT2D eigenvalue weighted by Crippen LogP contribution is -2.61. The molecule has 11 atom stereocenters. The summed E-state index contributed by atoms with van der Waals surface area (Å²) in [4.78, 5) is 166. The summed E-state index contributed by atoms with van der Waals surface area (Å²) in [6.07, 6.45) is -2.99. The highest BCUT2D eigenvalue weighted by Crippen LogP contribution is 2.09. The summed E-state index contributed by atoms with van der Waals surface area (Å²) in [6.45, 7) is 1.46. The molecule has 0 saturated heterocycles. The van der Waals surface area contributed by atoms with Crippen molar-refractivity contribution >= 4 is 127 Å².